The van der Waals surface area contributed by atoms with Gasteiger partial charge in [0.2, 0.25) is 5.91 Å². The Balaban J connectivity index is 1.80. The smallest absolute Gasteiger partial charge is 0.305 e. The highest BCUT2D eigenvalue weighted by atomic mass is 19.1. The van der Waals surface area contributed by atoms with Gasteiger partial charge in [-0.1, -0.05) is 6.07 Å². The van der Waals surface area contributed by atoms with Crippen molar-refractivity contribution in [3.8, 4) is 0 Å². The van der Waals surface area contributed by atoms with Crippen LogP contribution in [0.4, 0.5) is 10.1 Å². The predicted molar refractivity (Wildman–Crippen MR) is 85.5 cm³/mol. The van der Waals surface area contributed by atoms with Gasteiger partial charge in [0.25, 0.3) is 0 Å². The Bertz CT molecular complexity index is 550. The molecule has 0 saturated carbocycles. The van der Waals surface area contributed by atoms with Crippen LogP contribution in [-0.2, 0) is 14.3 Å². The van der Waals surface area contributed by atoms with Crippen LogP contribution in [0.2, 0.25) is 0 Å². The zero-order valence-electron chi connectivity index (χ0n) is 13.4. The number of ether oxygens (including phenoxy) is 1. The summed E-state index contributed by atoms with van der Waals surface area (Å²) >= 11 is 0. The molecule has 1 N–H and O–H groups in total. The molecule has 0 spiro atoms. The van der Waals surface area contributed by atoms with Crippen LogP contribution in [-0.4, -0.2) is 43.0 Å². The van der Waals surface area contributed by atoms with Crippen molar-refractivity contribution in [2.24, 2.45) is 0 Å². The molecule has 1 fully saturated rings. The van der Waals surface area contributed by atoms with E-state index in [1.54, 1.807) is 6.07 Å². The lowest BCUT2D eigenvalue weighted by Crippen LogP contribution is -2.45. The van der Waals surface area contributed by atoms with E-state index in [0.29, 0.717) is 19.4 Å². The van der Waals surface area contributed by atoms with E-state index in [0.717, 1.165) is 25.1 Å². The van der Waals surface area contributed by atoms with Crippen LogP contribution in [0, 0.1) is 5.82 Å². The average molecular weight is 322 g/mol. The van der Waals surface area contributed by atoms with Crippen LogP contribution >= 0.6 is 0 Å². The minimum absolute atomic E-state index is 0.0552. The maximum absolute atomic E-state index is 13.2. The second-order valence-corrected chi connectivity index (χ2v) is 5.76. The summed E-state index contributed by atoms with van der Waals surface area (Å²) in [5.41, 5.74) is 0.731. The van der Waals surface area contributed by atoms with Crippen molar-refractivity contribution in [2.75, 3.05) is 25.5 Å². The molecule has 1 heterocycles. The fourth-order valence-electron chi connectivity index (χ4n) is 2.78. The molecule has 23 heavy (non-hydrogen) atoms. The molecule has 6 heteroatoms. The normalized spacial score (nSPS) is 17.7. The SMILES string of the molecule is COC(=O)CCCC(=O)N1CCC[C@H](Nc2cccc(F)c2)C1. The van der Waals surface area contributed by atoms with Crippen LogP contribution in [0.1, 0.15) is 32.1 Å². The van der Waals surface area contributed by atoms with Gasteiger partial charge in [0, 0.05) is 37.7 Å². The third-order valence-electron chi connectivity index (χ3n) is 3.97. The maximum Gasteiger partial charge on any atom is 0.305 e. The molecular weight excluding hydrogens is 299 g/mol. The van der Waals surface area contributed by atoms with Gasteiger partial charge in [0.15, 0.2) is 0 Å². The monoisotopic (exact) mass is 322 g/mol. The first-order chi connectivity index (χ1) is 11.1. The Morgan fingerprint density at radius 3 is 2.96 bits per heavy atom. The highest BCUT2D eigenvalue weighted by molar-refractivity contribution is 5.77. The zero-order chi connectivity index (χ0) is 16.7. The number of likely N-dealkylation sites (tertiary alicyclic amines) is 1. The molecule has 1 atom stereocenters. The number of benzene rings is 1. The van der Waals surface area contributed by atoms with E-state index in [-0.39, 0.29) is 30.2 Å². The Hall–Kier alpha value is -2.11. The molecule has 0 aromatic heterocycles. The van der Waals surface area contributed by atoms with E-state index in [9.17, 15) is 14.0 Å². The summed E-state index contributed by atoms with van der Waals surface area (Å²) < 4.78 is 17.8. The Labute approximate surface area is 135 Å². The van der Waals surface area contributed by atoms with Gasteiger partial charge in [0.1, 0.15) is 5.82 Å². The van der Waals surface area contributed by atoms with Crippen molar-refractivity contribution in [1.82, 2.24) is 4.90 Å². The number of anilines is 1. The molecule has 126 valence electrons. The number of carbonyl (C=O) groups excluding carboxylic acids is 2. The number of methoxy groups -OCH3 is 1. The predicted octanol–water partition coefficient (Wildman–Crippen LogP) is 2.57. The lowest BCUT2D eigenvalue weighted by atomic mass is 10.0. The summed E-state index contributed by atoms with van der Waals surface area (Å²) in [5.74, 6) is -0.511. The molecule has 1 amide bonds. The Morgan fingerprint density at radius 2 is 2.22 bits per heavy atom. The lowest BCUT2D eigenvalue weighted by Gasteiger charge is -2.33. The van der Waals surface area contributed by atoms with E-state index in [1.807, 2.05) is 11.0 Å². The fraction of sp³-hybridized carbons (Fsp3) is 0.529. The van der Waals surface area contributed by atoms with E-state index < -0.39 is 0 Å². The van der Waals surface area contributed by atoms with Gasteiger partial charge in [-0.2, -0.15) is 0 Å². The molecule has 0 unspecified atom stereocenters. The van der Waals surface area contributed by atoms with E-state index >= 15 is 0 Å². The van der Waals surface area contributed by atoms with Gasteiger partial charge in [-0.25, -0.2) is 4.39 Å². The first kappa shape index (κ1) is 17.2. The molecule has 1 saturated heterocycles. The Kier molecular flexibility index (Phi) is 6.38. The van der Waals surface area contributed by atoms with Crippen molar-refractivity contribution in [3.63, 3.8) is 0 Å². The quantitative estimate of drug-likeness (QED) is 0.818. The summed E-state index contributed by atoms with van der Waals surface area (Å²) in [6, 6.07) is 6.46. The van der Waals surface area contributed by atoms with E-state index in [2.05, 4.69) is 10.1 Å². The summed E-state index contributed by atoms with van der Waals surface area (Å²) in [7, 11) is 1.34. The van der Waals surface area contributed by atoms with Crippen LogP contribution in [0.25, 0.3) is 0 Å². The summed E-state index contributed by atoms with van der Waals surface area (Å²) in [6.45, 7) is 1.34. The molecule has 5 nitrogen and oxygen atoms in total. The van der Waals surface area contributed by atoms with Crippen molar-refractivity contribution < 1.29 is 18.7 Å². The molecule has 1 aromatic carbocycles. The van der Waals surface area contributed by atoms with Crippen molar-refractivity contribution in [2.45, 2.75) is 38.1 Å². The lowest BCUT2D eigenvalue weighted by molar-refractivity contribution is -0.141. The number of carbonyl (C=O) groups is 2. The summed E-state index contributed by atoms with van der Waals surface area (Å²) in [5, 5.41) is 3.28. The summed E-state index contributed by atoms with van der Waals surface area (Å²) in [6.07, 6.45) is 2.98. The number of halogens is 1. The number of hydrogen-bond donors (Lipinski definition) is 1. The standard InChI is InChI=1S/C17H23FN2O3/c1-23-17(22)9-3-8-16(21)20-10-4-7-15(12-20)19-14-6-2-5-13(18)11-14/h2,5-6,11,15,19H,3-4,7-10,12H2,1H3/t15-/m0/s1. The van der Waals surface area contributed by atoms with Gasteiger partial charge >= 0.3 is 5.97 Å². The van der Waals surface area contributed by atoms with Gasteiger partial charge in [-0.3, -0.25) is 9.59 Å². The highest BCUT2D eigenvalue weighted by Crippen LogP contribution is 2.18. The molecule has 1 aliphatic heterocycles. The number of amides is 1. The van der Waals surface area contributed by atoms with Gasteiger partial charge in [-0.15, -0.1) is 0 Å². The number of nitrogens with zero attached hydrogens (tertiary/aromatic N) is 1. The van der Waals surface area contributed by atoms with Crippen molar-refractivity contribution >= 4 is 17.6 Å². The van der Waals surface area contributed by atoms with Crippen molar-refractivity contribution in [3.05, 3.63) is 30.1 Å². The van der Waals surface area contributed by atoms with Gasteiger partial charge in [0.05, 0.1) is 7.11 Å². The topological polar surface area (TPSA) is 58.6 Å². The zero-order valence-corrected chi connectivity index (χ0v) is 13.4. The first-order valence-electron chi connectivity index (χ1n) is 7.95. The van der Waals surface area contributed by atoms with Crippen LogP contribution in [0.3, 0.4) is 0 Å². The minimum atomic E-state index is -0.290. The number of rotatable bonds is 6. The highest BCUT2D eigenvalue weighted by Gasteiger charge is 2.23. The second kappa shape index (κ2) is 8.50. The number of esters is 1. The van der Waals surface area contributed by atoms with E-state index in [4.69, 9.17) is 0 Å². The first-order valence-corrected chi connectivity index (χ1v) is 7.95. The molecule has 1 aliphatic rings. The number of nitrogens with one attached hydrogen (secondary N) is 1. The Morgan fingerprint density at radius 1 is 1.39 bits per heavy atom. The molecule has 0 aliphatic carbocycles. The minimum Gasteiger partial charge on any atom is -0.469 e. The molecule has 1 aromatic rings. The van der Waals surface area contributed by atoms with Crippen molar-refractivity contribution in [1.29, 1.82) is 0 Å². The maximum atomic E-state index is 13.2. The third-order valence-corrected chi connectivity index (χ3v) is 3.97. The molecule has 0 bridgehead atoms. The van der Waals surface area contributed by atoms with Crippen LogP contribution in [0.15, 0.2) is 24.3 Å². The summed E-state index contributed by atoms with van der Waals surface area (Å²) in [4.78, 5) is 25.1. The van der Waals surface area contributed by atoms with Crippen LogP contribution in [0.5, 0.6) is 0 Å². The van der Waals surface area contributed by atoms with Crippen LogP contribution < -0.4 is 5.32 Å². The average Bonchev–Trinajstić information content (AvgIpc) is 2.55. The molecular formula is C17H23FN2O3. The fourth-order valence-corrected chi connectivity index (χ4v) is 2.78. The molecule has 0 radical (unpaired) electrons. The van der Waals surface area contributed by atoms with E-state index in [1.165, 1.54) is 19.2 Å². The molecule has 2 rings (SSSR count). The largest absolute Gasteiger partial charge is 0.469 e. The van der Waals surface area contributed by atoms with Gasteiger partial charge in [-0.05, 0) is 37.5 Å². The third kappa shape index (κ3) is 5.54. The number of hydrogen-bond acceptors (Lipinski definition) is 4. The number of piperidine rings is 1. The van der Waals surface area contributed by atoms with Gasteiger partial charge < -0.3 is 15.0 Å². The second-order valence-electron chi connectivity index (χ2n) is 5.76.